The van der Waals surface area contributed by atoms with Crippen LogP contribution in [-0.4, -0.2) is 29.0 Å². The van der Waals surface area contributed by atoms with Gasteiger partial charge < -0.3 is 10.2 Å². The van der Waals surface area contributed by atoms with E-state index in [1.54, 1.807) is 6.20 Å². The van der Waals surface area contributed by atoms with Gasteiger partial charge in [0.1, 0.15) is 0 Å². The quantitative estimate of drug-likeness (QED) is 0.921. The van der Waals surface area contributed by atoms with Crippen molar-refractivity contribution in [1.82, 2.24) is 15.2 Å². The molecule has 1 aromatic heterocycles. The summed E-state index contributed by atoms with van der Waals surface area (Å²) in [5, 5.41) is 3.16. The van der Waals surface area contributed by atoms with Crippen LogP contribution in [0.25, 0.3) is 0 Å². The number of likely N-dealkylation sites (tertiary alicyclic amines) is 1. The Bertz CT molecular complexity index is 507. The summed E-state index contributed by atoms with van der Waals surface area (Å²) in [5.41, 5.74) is 2.39. The van der Waals surface area contributed by atoms with Gasteiger partial charge in [-0.25, -0.2) is 4.79 Å². The summed E-state index contributed by atoms with van der Waals surface area (Å²) in [6.45, 7) is 12.4. The first kappa shape index (κ1) is 15.8. The van der Waals surface area contributed by atoms with Gasteiger partial charge in [-0.3, -0.25) is 4.98 Å². The molecular weight excluding hydrogens is 262 g/mol. The minimum absolute atomic E-state index is 0.0321. The molecule has 1 aliphatic heterocycles. The standard InChI is InChI=1S/C17H27N3O/c1-6-17(5)10-20(11-17)16(21)19-14(12(2)3)15-13(4)8-7-9-18-15/h7-9,12,14H,6,10-11H2,1-5H3,(H,19,21). The van der Waals surface area contributed by atoms with Crippen molar-refractivity contribution in [3.8, 4) is 0 Å². The highest BCUT2D eigenvalue weighted by atomic mass is 16.2. The van der Waals surface area contributed by atoms with Gasteiger partial charge in [-0.1, -0.05) is 33.8 Å². The maximum Gasteiger partial charge on any atom is 0.317 e. The molecule has 0 bridgehead atoms. The van der Waals surface area contributed by atoms with Gasteiger partial charge >= 0.3 is 6.03 Å². The maximum atomic E-state index is 12.4. The number of nitrogens with zero attached hydrogens (tertiary/aromatic N) is 2. The molecule has 1 N–H and O–H groups in total. The minimum Gasteiger partial charge on any atom is -0.329 e. The third kappa shape index (κ3) is 3.36. The van der Waals surface area contributed by atoms with Gasteiger partial charge in [0.2, 0.25) is 0 Å². The monoisotopic (exact) mass is 289 g/mol. The van der Waals surface area contributed by atoms with E-state index in [1.165, 1.54) is 0 Å². The molecule has 0 radical (unpaired) electrons. The van der Waals surface area contributed by atoms with Gasteiger partial charge in [0.05, 0.1) is 11.7 Å². The van der Waals surface area contributed by atoms with Crippen LogP contribution in [0.1, 0.15) is 51.4 Å². The predicted octanol–water partition coefficient (Wildman–Crippen LogP) is 3.53. The number of pyridine rings is 1. The molecule has 116 valence electrons. The third-order valence-electron chi connectivity index (χ3n) is 4.58. The molecule has 1 unspecified atom stereocenters. The number of aryl methyl sites for hydroxylation is 1. The Labute approximate surface area is 127 Å². The Hall–Kier alpha value is -1.58. The van der Waals surface area contributed by atoms with Crippen LogP contribution in [0.3, 0.4) is 0 Å². The molecule has 1 aliphatic rings. The highest BCUT2D eigenvalue weighted by Crippen LogP contribution is 2.33. The molecule has 4 nitrogen and oxygen atoms in total. The predicted molar refractivity (Wildman–Crippen MR) is 85.1 cm³/mol. The van der Waals surface area contributed by atoms with Crippen molar-refractivity contribution in [3.63, 3.8) is 0 Å². The van der Waals surface area contributed by atoms with Crippen LogP contribution in [0.2, 0.25) is 0 Å². The summed E-state index contributed by atoms with van der Waals surface area (Å²) >= 11 is 0. The van der Waals surface area contributed by atoms with E-state index in [0.717, 1.165) is 30.8 Å². The molecule has 1 fully saturated rings. The van der Waals surface area contributed by atoms with Crippen LogP contribution in [0.15, 0.2) is 18.3 Å². The van der Waals surface area contributed by atoms with Gasteiger partial charge in [0, 0.05) is 24.7 Å². The molecule has 2 heterocycles. The fourth-order valence-electron chi connectivity index (χ4n) is 2.84. The first-order chi connectivity index (χ1) is 9.86. The van der Waals surface area contributed by atoms with Crippen molar-refractivity contribution >= 4 is 6.03 Å². The zero-order chi connectivity index (χ0) is 15.6. The number of rotatable bonds is 4. The van der Waals surface area contributed by atoms with Crippen molar-refractivity contribution < 1.29 is 4.79 Å². The number of amides is 2. The molecule has 1 aromatic rings. The highest BCUT2D eigenvalue weighted by Gasteiger charge is 2.40. The number of nitrogens with one attached hydrogen (secondary N) is 1. The number of urea groups is 1. The summed E-state index contributed by atoms with van der Waals surface area (Å²) in [7, 11) is 0. The van der Waals surface area contributed by atoms with E-state index >= 15 is 0 Å². The van der Waals surface area contributed by atoms with E-state index in [-0.39, 0.29) is 12.1 Å². The van der Waals surface area contributed by atoms with Crippen LogP contribution in [0.4, 0.5) is 4.79 Å². The van der Waals surface area contributed by atoms with E-state index in [0.29, 0.717) is 11.3 Å². The van der Waals surface area contributed by atoms with E-state index in [2.05, 4.69) is 38.0 Å². The normalized spacial score (nSPS) is 18.3. The molecule has 1 atom stereocenters. The van der Waals surface area contributed by atoms with Crippen molar-refractivity contribution in [2.75, 3.05) is 13.1 Å². The Morgan fingerprint density at radius 2 is 2.14 bits per heavy atom. The Kier molecular flexibility index (Phi) is 4.55. The number of hydrogen-bond donors (Lipinski definition) is 1. The second kappa shape index (κ2) is 6.04. The molecule has 0 aromatic carbocycles. The lowest BCUT2D eigenvalue weighted by Crippen LogP contribution is -2.59. The maximum absolute atomic E-state index is 12.4. The van der Waals surface area contributed by atoms with Gasteiger partial charge in [0.15, 0.2) is 0 Å². The van der Waals surface area contributed by atoms with Crippen molar-refractivity contribution in [1.29, 1.82) is 0 Å². The second-order valence-electron chi connectivity index (χ2n) is 6.90. The van der Waals surface area contributed by atoms with E-state index < -0.39 is 0 Å². The van der Waals surface area contributed by atoms with Crippen LogP contribution in [0, 0.1) is 18.3 Å². The lowest BCUT2D eigenvalue weighted by atomic mass is 9.80. The fourth-order valence-corrected chi connectivity index (χ4v) is 2.84. The number of carbonyl (C=O) groups is 1. The lowest BCUT2D eigenvalue weighted by molar-refractivity contribution is 0.0415. The summed E-state index contributed by atoms with van der Waals surface area (Å²) in [6, 6.07) is 3.97. The summed E-state index contributed by atoms with van der Waals surface area (Å²) < 4.78 is 0. The Morgan fingerprint density at radius 1 is 1.48 bits per heavy atom. The Morgan fingerprint density at radius 3 is 2.67 bits per heavy atom. The lowest BCUT2D eigenvalue weighted by Gasteiger charge is -2.48. The fraction of sp³-hybridized carbons (Fsp3) is 0.647. The molecule has 0 saturated carbocycles. The van der Waals surface area contributed by atoms with Gasteiger partial charge in [-0.15, -0.1) is 0 Å². The van der Waals surface area contributed by atoms with Crippen LogP contribution < -0.4 is 5.32 Å². The molecule has 2 rings (SSSR count). The molecule has 4 heteroatoms. The van der Waals surface area contributed by atoms with Gasteiger partial charge in [-0.2, -0.15) is 0 Å². The van der Waals surface area contributed by atoms with Gasteiger partial charge in [-0.05, 0) is 30.9 Å². The number of aromatic nitrogens is 1. The van der Waals surface area contributed by atoms with Gasteiger partial charge in [0.25, 0.3) is 0 Å². The minimum atomic E-state index is -0.0350. The zero-order valence-electron chi connectivity index (χ0n) is 13.8. The average molecular weight is 289 g/mol. The smallest absolute Gasteiger partial charge is 0.317 e. The van der Waals surface area contributed by atoms with E-state index in [9.17, 15) is 4.79 Å². The van der Waals surface area contributed by atoms with Crippen LogP contribution in [-0.2, 0) is 0 Å². The summed E-state index contributed by atoms with van der Waals surface area (Å²) in [4.78, 5) is 18.8. The summed E-state index contributed by atoms with van der Waals surface area (Å²) in [5.74, 6) is 0.307. The third-order valence-corrected chi connectivity index (χ3v) is 4.58. The highest BCUT2D eigenvalue weighted by molar-refractivity contribution is 5.75. The van der Waals surface area contributed by atoms with E-state index in [1.807, 2.05) is 24.0 Å². The van der Waals surface area contributed by atoms with E-state index in [4.69, 9.17) is 0 Å². The van der Waals surface area contributed by atoms with Crippen molar-refractivity contribution in [3.05, 3.63) is 29.6 Å². The first-order valence-electron chi connectivity index (χ1n) is 7.83. The first-order valence-corrected chi connectivity index (χ1v) is 7.83. The topological polar surface area (TPSA) is 45.2 Å². The zero-order valence-corrected chi connectivity index (χ0v) is 13.8. The number of hydrogen-bond acceptors (Lipinski definition) is 2. The molecular formula is C17H27N3O. The van der Waals surface area contributed by atoms with Crippen molar-refractivity contribution in [2.24, 2.45) is 11.3 Å². The summed E-state index contributed by atoms with van der Waals surface area (Å²) in [6.07, 6.45) is 2.91. The largest absolute Gasteiger partial charge is 0.329 e. The molecule has 0 spiro atoms. The Balaban J connectivity index is 2.05. The molecule has 1 saturated heterocycles. The van der Waals surface area contributed by atoms with Crippen molar-refractivity contribution in [2.45, 2.75) is 47.1 Å². The molecule has 2 amide bonds. The SMILES string of the molecule is CCC1(C)CN(C(=O)NC(c2ncccc2C)C(C)C)C1. The number of carbonyl (C=O) groups excluding carboxylic acids is 1. The average Bonchev–Trinajstić information content (AvgIpc) is 2.41. The van der Waals surface area contributed by atoms with Crippen LogP contribution >= 0.6 is 0 Å². The van der Waals surface area contributed by atoms with Crippen LogP contribution in [0.5, 0.6) is 0 Å². The second-order valence-corrected chi connectivity index (χ2v) is 6.90. The molecule has 21 heavy (non-hydrogen) atoms. The molecule has 0 aliphatic carbocycles.